The second-order valence-corrected chi connectivity index (χ2v) is 9.10. The number of hydrogen-bond donors (Lipinski definition) is 1. The first-order valence-electron chi connectivity index (χ1n) is 10.9. The number of carbonyl (C=O) groups excluding carboxylic acids is 2. The Morgan fingerprint density at radius 2 is 1.87 bits per heavy atom. The van der Waals surface area contributed by atoms with Gasteiger partial charge in [-0.15, -0.1) is 11.3 Å². The Kier molecular flexibility index (Phi) is 7.73. The fourth-order valence-electron chi connectivity index (χ4n) is 4.77. The van der Waals surface area contributed by atoms with Gasteiger partial charge in [-0.25, -0.2) is 4.79 Å². The van der Waals surface area contributed by atoms with Crippen LogP contribution in [0, 0.1) is 6.92 Å². The predicted molar refractivity (Wildman–Crippen MR) is 124 cm³/mol. The summed E-state index contributed by atoms with van der Waals surface area (Å²) in [5.41, 5.74) is 2.58. The van der Waals surface area contributed by atoms with Gasteiger partial charge in [0, 0.05) is 12.0 Å². The number of nitrogens with zero attached hydrogens (tertiary/aromatic N) is 1. The zero-order chi connectivity index (χ0) is 22.4. The quantitative estimate of drug-likeness (QED) is 0.470. The summed E-state index contributed by atoms with van der Waals surface area (Å²) in [5.74, 6) is 0.408. The number of rotatable bonds is 8. The van der Waals surface area contributed by atoms with Gasteiger partial charge in [0.2, 0.25) is 0 Å². The Morgan fingerprint density at radius 1 is 1.16 bits per heavy atom. The highest BCUT2D eigenvalue weighted by atomic mass is 32.1. The van der Waals surface area contributed by atoms with Gasteiger partial charge in [-0.1, -0.05) is 19.1 Å². The standard InChI is InChI=1S/C24H32N2O4S/c1-5-19(23(27)25-21-17(2)16-31-22(21)24(28)30-4)26(13-9-6-10-14-26)15-18-11-7-8-12-20(18)29-3/h7-8,11-12,16,19H,5-6,9-10,13-15H2,1-4H3/p+1. The number of nitrogens with one attached hydrogen (secondary N) is 1. The van der Waals surface area contributed by atoms with E-state index in [0.29, 0.717) is 15.0 Å². The molecule has 0 spiro atoms. The summed E-state index contributed by atoms with van der Waals surface area (Å²) in [6.45, 7) is 6.64. The van der Waals surface area contributed by atoms with Crippen LogP contribution in [0.5, 0.6) is 5.75 Å². The number of carbonyl (C=O) groups is 2. The van der Waals surface area contributed by atoms with Gasteiger partial charge in [0.25, 0.3) is 5.91 Å². The molecule has 1 aromatic carbocycles. The molecule has 0 saturated carbocycles. The Balaban J connectivity index is 1.92. The molecule has 0 bridgehead atoms. The smallest absolute Gasteiger partial charge is 0.350 e. The van der Waals surface area contributed by atoms with E-state index in [-0.39, 0.29) is 11.9 Å². The molecular weight excluding hydrogens is 412 g/mol. The fourth-order valence-corrected chi connectivity index (χ4v) is 5.69. The number of piperidine rings is 1. The summed E-state index contributed by atoms with van der Waals surface area (Å²) in [4.78, 5) is 26.2. The van der Waals surface area contributed by atoms with Crippen molar-refractivity contribution in [2.75, 3.05) is 32.6 Å². The van der Waals surface area contributed by atoms with E-state index in [0.717, 1.165) is 55.8 Å². The number of aryl methyl sites for hydroxylation is 1. The van der Waals surface area contributed by atoms with Crippen molar-refractivity contribution in [2.24, 2.45) is 0 Å². The van der Waals surface area contributed by atoms with Crippen LogP contribution in [0.3, 0.4) is 0 Å². The summed E-state index contributed by atoms with van der Waals surface area (Å²) < 4.78 is 11.2. The van der Waals surface area contributed by atoms with Crippen molar-refractivity contribution < 1.29 is 23.5 Å². The highest BCUT2D eigenvalue weighted by Gasteiger charge is 2.42. The normalized spacial score (nSPS) is 16.4. The zero-order valence-corrected chi connectivity index (χ0v) is 19.7. The van der Waals surface area contributed by atoms with Gasteiger partial charge in [-0.3, -0.25) is 4.79 Å². The first-order valence-corrected chi connectivity index (χ1v) is 11.8. The van der Waals surface area contributed by atoms with Gasteiger partial charge in [0.1, 0.15) is 17.2 Å². The maximum atomic E-state index is 13.6. The highest BCUT2D eigenvalue weighted by molar-refractivity contribution is 7.12. The molecule has 2 aromatic rings. The minimum Gasteiger partial charge on any atom is -0.496 e. The fraction of sp³-hybridized carbons (Fsp3) is 0.500. The molecule has 1 aliphatic rings. The van der Waals surface area contributed by atoms with E-state index in [1.165, 1.54) is 24.9 Å². The number of anilines is 1. The number of methoxy groups -OCH3 is 2. The van der Waals surface area contributed by atoms with Gasteiger partial charge in [-0.2, -0.15) is 0 Å². The third-order valence-electron chi connectivity index (χ3n) is 6.33. The Bertz CT molecular complexity index is 918. The van der Waals surface area contributed by atoms with Crippen LogP contribution in [0.2, 0.25) is 0 Å². The molecule has 168 valence electrons. The van der Waals surface area contributed by atoms with E-state index in [1.54, 1.807) is 7.11 Å². The average molecular weight is 446 g/mol. The molecule has 3 rings (SSSR count). The molecule has 6 nitrogen and oxygen atoms in total. The second kappa shape index (κ2) is 10.3. The number of quaternary nitrogens is 1. The van der Waals surface area contributed by atoms with Crippen molar-refractivity contribution in [2.45, 2.75) is 52.1 Å². The van der Waals surface area contributed by atoms with Crippen LogP contribution in [0.4, 0.5) is 5.69 Å². The molecule has 1 N–H and O–H groups in total. The molecule has 2 heterocycles. The van der Waals surface area contributed by atoms with Crippen molar-refractivity contribution >= 4 is 28.9 Å². The molecule has 0 radical (unpaired) electrons. The van der Waals surface area contributed by atoms with Crippen LogP contribution in [0.1, 0.15) is 53.4 Å². The lowest BCUT2D eigenvalue weighted by Crippen LogP contribution is -2.61. The van der Waals surface area contributed by atoms with E-state index in [1.807, 2.05) is 30.5 Å². The van der Waals surface area contributed by atoms with Crippen LogP contribution < -0.4 is 10.1 Å². The van der Waals surface area contributed by atoms with Crippen molar-refractivity contribution in [1.29, 1.82) is 0 Å². The number of ether oxygens (including phenoxy) is 2. The van der Waals surface area contributed by atoms with Gasteiger partial charge in [0.05, 0.1) is 33.0 Å². The Labute approximate surface area is 188 Å². The number of benzene rings is 1. The van der Waals surface area contributed by atoms with Gasteiger partial charge in [0.15, 0.2) is 6.04 Å². The molecule has 1 fully saturated rings. The van der Waals surface area contributed by atoms with Crippen molar-refractivity contribution in [3.8, 4) is 5.75 Å². The van der Waals surface area contributed by atoms with E-state index < -0.39 is 5.97 Å². The highest BCUT2D eigenvalue weighted by Crippen LogP contribution is 2.33. The second-order valence-electron chi connectivity index (χ2n) is 8.22. The van der Waals surface area contributed by atoms with Crippen molar-refractivity contribution in [3.05, 3.63) is 45.6 Å². The molecular formula is C24H33N2O4S+. The Hall–Kier alpha value is -2.38. The summed E-state index contributed by atoms with van der Waals surface area (Å²) in [6.07, 6.45) is 4.12. The number of hydrogen-bond acceptors (Lipinski definition) is 5. The van der Waals surface area contributed by atoms with Crippen LogP contribution in [-0.4, -0.2) is 49.7 Å². The third kappa shape index (κ3) is 4.93. The molecule has 1 amide bonds. The molecule has 1 aromatic heterocycles. The lowest BCUT2D eigenvalue weighted by atomic mass is 9.98. The van der Waals surface area contributed by atoms with Crippen LogP contribution >= 0.6 is 11.3 Å². The summed E-state index contributed by atoms with van der Waals surface area (Å²) >= 11 is 1.30. The Morgan fingerprint density at radius 3 is 2.52 bits per heavy atom. The molecule has 1 saturated heterocycles. The van der Waals surface area contributed by atoms with Gasteiger partial charge >= 0.3 is 5.97 Å². The molecule has 1 aliphatic heterocycles. The average Bonchev–Trinajstić information content (AvgIpc) is 3.14. The van der Waals surface area contributed by atoms with Crippen molar-refractivity contribution in [1.82, 2.24) is 0 Å². The maximum absolute atomic E-state index is 13.6. The molecule has 7 heteroatoms. The van der Waals surface area contributed by atoms with E-state index >= 15 is 0 Å². The van der Waals surface area contributed by atoms with Crippen LogP contribution in [0.15, 0.2) is 29.6 Å². The third-order valence-corrected chi connectivity index (χ3v) is 7.41. The SMILES string of the molecule is CCC(C(=O)Nc1c(C)csc1C(=O)OC)[N+]1(Cc2ccccc2OC)CCCCC1. The summed E-state index contributed by atoms with van der Waals surface area (Å²) in [6, 6.07) is 7.86. The van der Waals surface area contributed by atoms with Crippen LogP contribution in [-0.2, 0) is 16.1 Å². The molecule has 1 atom stereocenters. The van der Waals surface area contributed by atoms with Gasteiger partial charge in [-0.05, 0) is 49.3 Å². The number of esters is 1. The van der Waals surface area contributed by atoms with Crippen LogP contribution in [0.25, 0.3) is 0 Å². The van der Waals surface area contributed by atoms with E-state index in [2.05, 4.69) is 18.3 Å². The maximum Gasteiger partial charge on any atom is 0.350 e. The minimum absolute atomic E-state index is 0.0362. The van der Waals surface area contributed by atoms with E-state index in [9.17, 15) is 9.59 Å². The molecule has 1 unspecified atom stereocenters. The largest absolute Gasteiger partial charge is 0.496 e. The lowest BCUT2D eigenvalue weighted by molar-refractivity contribution is -0.959. The first kappa shape index (κ1) is 23.3. The summed E-state index contributed by atoms with van der Waals surface area (Å²) in [7, 11) is 3.05. The predicted octanol–water partition coefficient (Wildman–Crippen LogP) is 4.77. The number of likely N-dealkylation sites (tertiary alicyclic amines) is 1. The topological polar surface area (TPSA) is 64.6 Å². The summed E-state index contributed by atoms with van der Waals surface area (Å²) in [5, 5.41) is 4.96. The van der Waals surface area contributed by atoms with Crippen molar-refractivity contribution in [3.63, 3.8) is 0 Å². The number of para-hydroxylation sites is 1. The number of amides is 1. The van der Waals surface area contributed by atoms with E-state index in [4.69, 9.17) is 9.47 Å². The molecule has 0 aliphatic carbocycles. The minimum atomic E-state index is -0.419. The lowest BCUT2D eigenvalue weighted by Gasteiger charge is -2.46. The number of thiophene rings is 1. The monoisotopic (exact) mass is 445 g/mol. The first-order chi connectivity index (χ1) is 15.0. The molecule has 31 heavy (non-hydrogen) atoms. The zero-order valence-electron chi connectivity index (χ0n) is 18.9. The van der Waals surface area contributed by atoms with Gasteiger partial charge < -0.3 is 19.3 Å².